The van der Waals surface area contributed by atoms with Gasteiger partial charge < -0.3 is 0 Å². The highest BCUT2D eigenvalue weighted by molar-refractivity contribution is 7.80. The minimum absolute atomic E-state index is 0.102. The van der Waals surface area contributed by atoms with Crippen molar-refractivity contribution in [3.05, 3.63) is 39.6 Å². The maximum atomic E-state index is 13.1. The van der Waals surface area contributed by atoms with E-state index in [2.05, 4.69) is 12.6 Å². The normalized spacial score (nSPS) is 11.1. The molecule has 4 heteroatoms. The quantitative estimate of drug-likeness (QED) is 0.594. The zero-order valence-electron chi connectivity index (χ0n) is 7.30. The van der Waals surface area contributed by atoms with E-state index in [9.17, 15) is 4.39 Å². The SMILES string of the molecule is Fc1cc(Cl)cc(C=CCCS)c1Cl. The van der Waals surface area contributed by atoms with Gasteiger partial charge >= 0.3 is 0 Å². The molecule has 76 valence electrons. The van der Waals surface area contributed by atoms with Crippen LogP contribution in [0.15, 0.2) is 18.2 Å². The summed E-state index contributed by atoms with van der Waals surface area (Å²) in [5.74, 6) is 0.252. The molecule has 1 aromatic carbocycles. The summed E-state index contributed by atoms with van der Waals surface area (Å²) in [6, 6.07) is 2.82. The van der Waals surface area contributed by atoms with Crippen molar-refractivity contribution >= 4 is 41.9 Å². The van der Waals surface area contributed by atoms with Gasteiger partial charge in [-0.3, -0.25) is 0 Å². The number of thiol groups is 1. The third kappa shape index (κ3) is 3.19. The summed E-state index contributed by atoms with van der Waals surface area (Å²) in [4.78, 5) is 0. The molecular weight excluding hydrogens is 242 g/mol. The molecule has 14 heavy (non-hydrogen) atoms. The molecule has 0 amide bonds. The van der Waals surface area contributed by atoms with Crippen molar-refractivity contribution in [3.8, 4) is 0 Å². The fraction of sp³-hybridized carbons (Fsp3) is 0.200. The van der Waals surface area contributed by atoms with Gasteiger partial charge in [0, 0.05) is 5.02 Å². The molecule has 0 aromatic heterocycles. The molecule has 0 aliphatic rings. The second kappa shape index (κ2) is 5.64. The molecule has 0 N–H and O–H groups in total. The monoisotopic (exact) mass is 250 g/mol. The summed E-state index contributed by atoms with van der Waals surface area (Å²) >= 11 is 15.5. The minimum atomic E-state index is -0.496. The predicted molar refractivity (Wildman–Crippen MR) is 63.9 cm³/mol. The Morgan fingerprint density at radius 2 is 2.07 bits per heavy atom. The topological polar surface area (TPSA) is 0 Å². The molecule has 0 atom stereocenters. The largest absolute Gasteiger partial charge is 0.205 e. The standard InChI is InChI=1S/C10H9Cl2FS/c11-8-5-7(3-1-2-4-14)10(12)9(13)6-8/h1,3,5-6,14H,2,4H2. The van der Waals surface area contributed by atoms with E-state index in [1.807, 2.05) is 6.08 Å². The Morgan fingerprint density at radius 1 is 1.36 bits per heavy atom. The van der Waals surface area contributed by atoms with E-state index < -0.39 is 5.82 Å². The average molecular weight is 251 g/mol. The lowest BCUT2D eigenvalue weighted by atomic mass is 10.2. The van der Waals surface area contributed by atoms with Crippen molar-refractivity contribution < 1.29 is 4.39 Å². The van der Waals surface area contributed by atoms with E-state index in [0.29, 0.717) is 10.6 Å². The molecule has 0 unspecified atom stereocenters. The van der Waals surface area contributed by atoms with E-state index >= 15 is 0 Å². The van der Waals surface area contributed by atoms with Gasteiger partial charge in [-0.2, -0.15) is 12.6 Å². The number of hydrogen-bond donors (Lipinski definition) is 1. The van der Waals surface area contributed by atoms with Crippen LogP contribution >= 0.6 is 35.8 Å². The molecule has 0 fully saturated rings. The Bertz CT molecular complexity index is 350. The third-order valence-electron chi connectivity index (χ3n) is 1.61. The van der Waals surface area contributed by atoms with Gasteiger partial charge in [-0.05, 0) is 29.9 Å². The van der Waals surface area contributed by atoms with Crippen LogP contribution in [0.5, 0.6) is 0 Å². The van der Waals surface area contributed by atoms with Gasteiger partial charge in [0.25, 0.3) is 0 Å². The van der Waals surface area contributed by atoms with Gasteiger partial charge in [0.15, 0.2) is 0 Å². The molecular formula is C10H9Cl2FS. The van der Waals surface area contributed by atoms with Gasteiger partial charge in [-0.25, -0.2) is 4.39 Å². The van der Waals surface area contributed by atoms with Crippen molar-refractivity contribution in [1.82, 2.24) is 0 Å². The Labute approximate surface area is 98.1 Å². The lowest BCUT2D eigenvalue weighted by Crippen LogP contribution is -1.82. The summed E-state index contributed by atoms with van der Waals surface area (Å²) in [5, 5.41) is 0.447. The van der Waals surface area contributed by atoms with Crippen LogP contribution in [0.25, 0.3) is 6.08 Å². The van der Waals surface area contributed by atoms with Crippen LogP contribution < -0.4 is 0 Å². The van der Waals surface area contributed by atoms with Crippen LogP contribution in [0.2, 0.25) is 10.0 Å². The Morgan fingerprint density at radius 3 is 2.71 bits per heavy atom. The van der Waals surface area contributed by atoms with Crippen molar-refractivity contribution in [2.75, 3.05) is 5.75 Å². The molecule has 0 bridgehead atoms. The first-order valence-electron chi connectivity index (χ1n) is 4.07. The molecule has 0 radical (unpaired) electrons. The average Bonchev–Trinajstić information content (AvgIpc) is 2.13. The molecule has 0 aliphatic carbocycles. The van der Waals surface area contributed by atoms with Gasteiger partial charge in [-0.15, -0.1) is 0 Å². The first kappa shape index (κ1) is 11.9. The molecule has 0 nitrogen and oxygen atoms in total. The highest BCUT2D eigenvalue weighted by Crippen LogP contribution is 2.25. The molecule has 0 heterocycles. The lowest BCUT2D eigenvalue weighted by Gasteiger charge is -2.00. The first-order valence-corrected chi connectivity index (χ1v) is 5.46. The maximum Gasteiger partial charge on any atom is 0.143 e. The number of benzene rings is 1. The van der Waals surface area contributed by atoms with Crippen LogP contribution in [-0.2, 0) is 0 Å². The molecule has 0 saturated carbocycles. The molecule has 0 aliphatic heterocycles. The van der Waals surface area contributed by atoms with Crippen LogP contribution in [0, 0.1) is 5.82 Å². The van der Waals surface area contributed by atoms with Crippen molar-refractivity contribution in [2.24, 2.45) is 0 Å². The van der Waals surface area contributed by atoms with E-state index in [4.69, 9.17) is 23.2 Å². The van der Waals surface area contributed by atoms with Gasteiger partial charge in [0.2, 0.25) is 0 Å². The second-order valence-electron chi connectivity index (χ2n) is 2.71. The summed E-state index contributed by atoms with van der Waals surface area (Å²) < 4.78 is 13.1. The predicted octanol–water partition coefficient (Wildman–Crippen LogP) is 4.47. The van der Waals surface area contributed by atoms with Gasteiger partial charge in [0.1, 0.15) is 5.82 Å². The molecule has 0 saturated heterocycles. The van der Waals surface area contributed by atoms with Crippen molar-refractivity contribution in [1.29, 1.82) is 0 Å². The van der Waals surface area contributed by atoms with Gasteiger partial charge in [0.05, 0.1) is 5.02 Å². The number of allylic oxidation sites excluding steroid dienone is 1. The van der Waals surface area contributed by atoms with E-state index in [0.717, 1.165) is 12.2 Å². The third-order valence-corrected chi connectivity index (χ3v) is 2.49. The van der Waals surface area contributed by atoms with Crippen molar-refractivity contribution in [2.45, 2.75) is 6.42 Å². The Kier molecular flexibility index (Phi) is 4.79. The highest BCUT2D eigenvalue weighted by Gasteiger charge is 2.05. The first-order chi connectivity index (χ1) is 6.65. The van der Waals surface area contributed by atoms with Crippen LogP contribution in [0.1, 0.15) is 12.0 Å². The van der Waals surface area contributed by atoms with E-state index in [1.54, 1.807) is 12.1 Å². The van der Waals surface area contributed by atoms with E-state index in [-0.39, 0.29) is 5.02 Å². The number of hydrogen-bond acceptors (Lipinski definition) is 1. The molecule has 1 rings (SSSR count). The molecule has 0 spiro atoms. The Hall–Kier alpha value is -0.180. The van der Waals surface area contributed by atoms with Crippen molar-refractivity contribution in [3.63, 3.8) is 0 Å². The smallest absolute Gasteiger partial charge is 0.143 e. The lowest BCUT2D eigenvalue weighted by molar-refractivity contribution is 0.628. The summed E-state index contributed by atoms with van der Waals surface area (Å²) in [7, 11) is 0. The summed E-state index contributed by atoms with van der Waals surface area (Å²) in [5.41, 5.74) is 0.596. The number of halogens is 3. The number of rotatable bonds is 3. The summed E-state index contributed by atoms with van der Waals surface area (Å²) in [6.07, 6.45) is 4.44. The van der Waals surface area contributed by atoms with Gasteiger partial charge in [-0.1, -0.05) is 35.4 Å². The fourth-order valence-electron chi connectivity index (χ4n) is 0.982. The minimum Gasteiger partial charge on any atom is -0.205 e. The zero-order chi connectivity index (χ0) is 10.6. The van der Waals surface area contributed by atoms with Crippen LogP contribution in [0.4, 0.5) is 4.39 Å². The van der Waals surface area contributed by atoms with E-state index in [1.165, 1.54) is 6.07 Å². The maximum absolute atomic E-state index is 13.1. The zero-order valence-corrected chi connectivity index (χ0v) is 9.71. The summed E-state index contributed by atoms with van der Waals surface area (Å²) in [6.45, 7) is 0. The highest BCUT2D eigenvalue weighted by atomic mass is 35.5. The second-order valence-corrected chi connectivity index (χ2v) is 3.97. The molecule has 1 aromatic rings. The van der Waals surface area contributed by atoms with Crippen LogP contribution in [0.3, 0.4) is 0 Å². The fourth-order valence-corrected chi connectivity index (χ4v) is 1.52. The Balaban J connectivity index is 2.96. The van der Waals surface area contributed by atoms with Crippen LogP contribution in [-0.4, -0.2) is 5.75 Å².